The zero-order valence-corrected chi connectivity index (χ0v) is 16.6. The molecule has 2 heterocycles. The number of nitrogens with zero attached hydrogens (tertiary/aromatic N) is 3. The monoisotopic (exact) mass is 435 g/mol. The molecule has 1 N–H and O–H groups in total. The van der Waals surface area contributed by atoms with E-state index in [-0.39, 0.29) is 17.0 Å². The summed E-state index contributed by atoms with van der Waals surface area (Å²) in [7, 11) is 0. The number of ketones is 1. The van der Waals surface area contributed by atoms with E-state index in [1.807, 2.05) is 0 Å². The minimum atomic E-state index is -0.999. The topological polar surface area (TPSA) is 114 Å². The van der Waals surface area contributed by atoms with Gasteiger partial charge in [0.15, 0.2) is 0 Å². The van der Waals surface area contributed by atoms with Crippen molar-refractivity contribution in [1.82, 2.24) is 4.98 Å². The van der Waals surface area contributed by atoms with E-state index in [0.29, 0.717) is 21.8 Å². The Balaban J connectivity index is 1.92. The number of nitro groups is 1. The number of carbonyl (C=O) groups excluding carboxylic acids is 2. The van der Waals surface area contributed by atoms with Gasteiger partial charge >= 0.3 is 0 Å². The maximum atomic E-state index is 13.0. The average molecular weight is 436 g/mol. The van der Waals surface area contributed by atoms with Crippen LogP contribution in [0, 0.1) is 10.1 Å². The highest BCUT2D eigenvalue weighted by molar-refractivity contribution is 6.51. The molecule has 0 aliphatic carbocycles. The molecule has 1 saturated heterocycles. The number of benzene rings is 2. The summed E-state index contributed by atoms with van der Waals surface area (Å²) in [6.45, 7) is 0. The van der Waals surface area contributed by atoms with Crippen molar-refractivity contribution in [1.29, 1.82) is 0 Å². The molecule has 0 saturated carbocycles. The van der Waals surface area contributed by atoms with Gasteiger partial charge in [0.05, 0.1) is 28.4 Å². The largest absolute Gasteiger partial charge is 0.507 e. The van der Waals surface area contributed by atoms with E-state index >= 15 is 0 Å². The fourth-order valence-corrected chi connectivity index (χ4v) is 3.58. The summed E-state index contributed by atoms with van der Waals surface area (Å²) in [5.74, 6) is -2.09. The molecule has 8 nitrogen and oxygen atoms in total. The number of aliphatic hydroxyl groups excluding tert-OH is 1. The Morgan fingerprint density at radius 3 is 2.32 bits per heavy atom. The van der Waals surface area contributed by atoms with Crippen LogP contribution in [-0.2, 0) is 9.59 Å². The van der Waals surface area contributed by atoms with E-state index in [1.165, 1.54) is 53.7 Å². The van der Waals surface area contributed by atoms with Gasteiger partial charge in [0.25, 0.3) is 17.4 Å². The first-order valence-corrected chi connectivity index (χ1v) is 9.47. The van der Waals surface area contributed by atoms with E-state index in [4.69, 9.17) is 11.6 Å². The maximum Gasteiger partial charge on any atom is 0.300 e. The van der Waals surface area contributed by atoms with Crippen molar-refractivity contribution in [3.05, 3.63) is 105 Å². The van der Waals surface area contributed by atoms with Gasteiger partial charge in [-0.25, -0.2) is 0 Å². The SMILES string of the molecule is O=C1C(=O)N(c2cccnc2)C(c2ccc([N+](=O)[O-])cc2)C1=C(O)c1ccc(Cl)cc1. The van der Waals surface area contributed by atoms with Crippen molar-refractivity contribution in [3.63, 3.8) is 0 Å². The number of aromatic nitrogens is 1. The summed E-state index contributed by atoms with van der Waals surface area (Å²) in [5, 5.41) is 22.4. The minimum absolute atomic E-state index is 0.134. The number of hydrogen-bond acceptors (Lipinski definition) is 6. The zero-order valence-electron chi connectivity index (χ0n) is 15.8. The quantitative estimate of drug-likeness (QED) is 0.215. The molecule has 154 valence electrons. The van der Waals surface area contributed by atoms with E-state index < -0.39 is 22.7 Å². The number of hydrogen-bond donors (Lipinski definition) is 1. The predicted molar refractivity (Wildman–Crippen MR) is 114 cm³/mol. The lowest BCUT2D eigenvalue weighted by Crippen LogP contribution is -2.29. The van der Waals surface area contributed by atoms with E-state index in [9.17, 15) is 24.8 Å². The van der Waals surface area contributed by atoms with Crippen molar-refractivity contribution in [2.45, 2.75) is 6.04 Å². The number of nitro benzene ring substituents is 1. The van der Waals surface area contributed by atoms with Gasteiger partial charge in [0.2, 0.25) is 0 Å². The molecule has 2 aromatic carbocycles. The van der Waals surface area contributed by atoms with Crippen LogP contribution in [0.4, 0.5) is 11.4 Å². The van der Waals surface area contributed by atoms with Gasteiger partial charge in [-0.2, -0.15) is 0 Å². The molecule has 1 aliphatic rings. The van der Waals surface area contributed by atoms with Crippen LogP contribution < -0.4 is 4.90 Å². The molecule has 1 fully saturated rings. The Morgan fingerprint density at radius 2 is 1.74 bits per heavy atom. The van der Waals surface area contributed by atoms with E-state index in [1.54, 1.807) is 24.3 Å². The molecule has 0 bridgehead atoms. The van der Waals surface area contributed by atoms with Crippen LogP contribution in [0.1, 0.15) is 17.2 Å². The smallest absolute Gasteiger partial charge is 0.300 e. The minimum Gasteiger partial charge on any atom is -0.507 e. The number of anilines is 1. The summed E-state index contributed by atoms with van der Waals surface area (Å²) < 4.78 is 0. The molecular formula is C22H14ClN3O5. The van der Waals surface area contributed by atoms with Crippen LogP contribution in [0.25, 0.3) is 5.76 Å². The van der Waals surface area contributed by atoms with E-state index in [2.05, 4.69) is 4.98 Å². The molecule has 31 heavy (non-hydrogen) atoms. The Kier molecular flexibility index (Phi) is 5.22. The summed E-state index contributed by atoms with van der Waals surface area (Å²) in [6.07, 6.45) is 2.94. The number of halogens is 1. The van der Waals surface area contributed by atoms with Gasteiger partial charge in [-0.3, -0.25) is 29.6 Å². The van der Waals surface area contributed by atoms with Crippen LogP contribution in [0.2, 0.25) is 5.02 Å². The molecule has 3 aromatic rings. The Labute approximate surface area is 181 Å². The number of carbonyl (C=O) groups is 2. The normalized spacial score (nSPS) is 17.7. The third-order valence-corrected chi connectivity index (χ3v) is 5.16. The molecule has 9 heteroatoms. The Bertz CT molecular complexity index is 1210. The summed E-state index contributed by atoms with van der Waals surface area (Å²) >= 11 is 5.91. The van der Waals surface area contributed by atoms with Gasteiger partial charge < -0.3 is 5.11 Å². The second-order valence-electron chi connectivity index (χ2n) is 6.74. The first-order valence-electron chi connectivity index (χ1n) is 9.10. The first-order chi connectivity index (χ1) is 14.9. The van der Waals surface area contributed by atoms with Crippen molar-refractivity contribution >= 4 is 40.4 Å². The standard InChI is InChI=1S/C22H14ClN3O5/c23-15-7-3-14(4-8-15)20(27)18-19(13-5-9-16(10-6-13)26(30)31)25(22(29)21(18)28)17-2-1-11-24-12-17/h1-12,19,27H. The van der Waals surface area contributed by atoms with Crippen LogP contribution >= 0.6 is 11.6 Å². The van der Waals surface area contributed by atoms with Crippen molar-refractivity contribution in [2.24, 2.45) is 0 Å². The molecule has 1 atom stereocenters. The molecule has 0 radical (unpaired) electrons. The highest BCUT2D eigenvalue weighted by atomic mass is 35.5. The average Bonchev–Trinajstić information content (AvgIpc) is 3.05. The van der Waals surface area contributed by atoms with Gasteiger partial charge in [0.1, 0.15) is 5.76 Å². The highest BCUT2D eigenvalue weighted by Gasteiger charge is 2.47. The fourth-order valence-electron chi connectivity index (χ4n) is 3.45. The molecule has 4 rings (SSSR count). The third kappa shape index (κ3) is 3.64. The number of rotatable bonds is 4. The lowest BCUT2D eigenvalue weighted by molar-refractivity contribution is -0.384. The number of amides is 1. The predicted octanol–water partition coefficient (Wildman–Crippen LogP) is 4.27. The third-order valence-electron chi connectivity index (χ3n) is 4.91. The molecular weight excluding hydrogens is 422 g/mol. The lowest BCUT2D eigenvalue weighted by Gasteiger charge is -2.25. The summed E-state index contributed by atoms with van der Waals surface area (Å²) in [6, 6.07) is 13.8. The lowest BCUT2D eigenvalue weighted by atomic mass is 9.95. The molecule has 1 aromatic heterocycles. The number of non-ortho nitro benzene ring substituents is 1. The van der Waals surface area contributed by atoms with Crippen LogP contribution in [-0.4, -0.2) is 26.7 Å². The highest BCUT2D eigenvalue weighted by Crippen LogP contribution is 2.42. The zero-order chi connectivity index (χ0) is 22.1. The Hall–Kier alpha value is -4.04. The van der Waals surface area contributed by atoms with Crippen molar-refractivity contribution in [3.8, 4) is 0 Å². The number of Topliss-reactive ketones (excluding diaryl/α,β-unsaturated/α-hetero) is 1. The van der Waals surface area contributed by atoms with Gasteiger partial charge in [0, 0.05) is 28.9 Å². The second-order valence-corrected chi connectivity index (χ2v) is 7.17. The van der Waals surface area contributed by atoms with Crippen LogP contribution in [0.5, 0.6) is 0 Å². The second kappa shape index (κ2) is 8.00. The Morgan fingerprint density at radius 1 is 1.06 bits per heavy atom. The molecule has 0 spiro atoms. The summed E-state index contributed by atoms with van der Waals surface area (Å²) in [4.78, 5) is 41.6. The van der Waals surface area contributed by atoms with Gasteiger partial charge in [-0.05, 0) is 54.1 Å². The molecule has 1 amide bonds. The van der Waals surface area contributed by atoms with Crippen LogP contribution in [0.15, 0.2) is 78.6 Å². The van der Waals surface area contributed by atoms with Crippen molar-refractivity contribution in [2.75, 3.05) is 4.90 Å². The molecule has 1 aliphatic heterocycles. The van der Waals surface area contributed by atoms with Crippen LogP contribution in [0.3, 0.4) is 0 Å². The number of aliphatic hydroxyl groups is 1. The first kappa shape index (κ1) is 20.2. The van der Waals surface area contributed by atoms with Gasteiger partial charge in [-0.15, -0.1) is 0 Å². The fraction of sp³-hybridized carbons (Fsp3) is 0.0455. The summed E-state index contributed by atoms with van der Waals surface area (Å²) in [5.41, 5.74) is 0.803. The van der Waals surface area contributed by atoms with Gasteiger partial charge in [-0.1, -0.05) is 11.6 Å². The number of pyridine rings is 1. The van der Waals surface area contributed by atoms with E-state index in [0.717, 1.165) is 0 Å². The molecule has 1 unspecified atom stereocenters. The maximum absolute atomic E-state index is 13.0. The van der Waals surface area contributed by atoms with Crippen molar-refractivity contribution < 1.29 is 19.6 Å².